The number of likely N-dealkylation sites (tertiary alicyclic amines) is 1. The van der Waals surface area contributed by atoms with Crippen LogP contribution in [0.3, 0.4) is 0 Å². The molecule has 0 aromatic carbocycles. The number of guanidine groups is 1. The van der Waals surface area contributed by atoms with Gasteiger partial charge >= 0.3 is 0 Å². The molecule has 2 heterocycles. The Hall–Kier alpha value is -0.660. The van der Waals surface area contributed by atoms with Gasteiger partial charge in [0.15, 0.2) is 5.96 Å². The summed E-state index contributed by atoms with van der Waals surface area (Å²) in [5.41, 5.74) is 0. The highest BCUT2D eigenvalue weighted by Gasteiger charge is 2.24. The first kappa shape index (κ1) is 27.4. The third-order valence-electron chi connectivity index (χ3n) is 5.17. The lowest BCUT2D eigenvalue weighted by Crippen LogP contribution is -2.54. The highest BCUT2D eigenvalue weighted by Crippen LogP contribution is 2.10. The fourth-order valence-electron chi connectivity index (χ4n) is 3.51. The molecule has 176 valence electrons. The number of piperazine rings is 1. The predicted octanol–water partition coefficient (Wildman–Crippen LogP) is 0.261. The van der Waals surface area contributed by atoms with E-state index in [1.165, 1.54) is 12.7 Å². The second kappa shape index (κ2) is 14.4. The Kier molecular flexibility index (Phi) is 13.1. The first-order valence-corrected chi connectivity index (χ1v) is 12.7. The summed E-state index contributed by atoms with van der Waals surface area (Å²) in [5, 5.41) is 3.31. The van der Waals surface area contributed by atoms with E-state index in [2.05, 4.69) is 20.1 Å². The van der Waals surface area contributed by atoms with Crippen LogP contribution in [0, 0.1) is 0 Å². The summed E-state index contributed by atoms with van der Waals surface area (Å²) in [7, 11) is -2.99. The molecule has 2 aliphatic heterocycles. The lowest BCUT2D eigenvalue weighted by atomic mass is 10.1. The van der Waals surface area contributed by atoms with Gasteiger partial charge in [0.1, 0.15) is 9.84 Å². The number of carbonyl (C=O) groups excluding carboxylic acids is 1. The number of aliphatic imine (C=N–C) groups is 1. The van der Waals surface area contributed by atoms with E-state index in [4.69, 9.17) is 4.74 Å². The highest BCUT2D eigenvalue weighted by molar-refractivity contribution is 14.0. The van der Waals surface area contributed by atoms with Gasteiger partial charge in [-0.3, -0.25) is 14.7 Å². The summed E-state index contributed by atoms with van der Waals surface area (Å²) >= 11 is 0. The van der Waals surface area contributed by atoms with Crippen molar-refractivity contribution in [1.29, 1.82) is 0 Å². The molecule has 0 atom stereocenters. The van der Waals surface area contributed by atoms with Crippen LogP contribution in [-0.2, 0) is 19.4 Å². The second-order valence-electron chi connectivity index (χ2n) is 7.68. The van der Waals surface area contributed by atoms with E-state index in [-0.39, 0.29) is 42.2 Å². The lowest BCUT2D eigenvalue weighted by molar-refractivity contribution is -0.133. The molecular formula is C19H38IN5O4S. The fourth-order valence-corrected chi connectivity index (χ4v) is 3.93. The highest BCUT2D eigenvalue weighted by atomic mass is 127. The van der Waals surface area contributed by atoms with Gasteiger partial charge in [0.25, 0.3) is 0 Å². The summed E-state index contributed by atoms with van der Waals surface area (Å²) in [5.74, 6) is 1.14. The number of hydrogen-bond acceptors (Lipinski definition) is 6. The molecule has 0 aromatic rings. The molecule has 30 heavy (non-hydrogen) atoms. The standard InChI is InChI=1S/C19H37N5O4S.HI/c1-3-20-19(21-7-14-28-15-16-29(2,26)27)24-12-10-22(11-13-24)17-18(25)23-8-5-4-6-9-23;/h3-17H2,1-2H3,(H,20,21);1H. The quantitative estimate of drug-likeness (QED) is 0.188. The minimum absolute atomic E-state index is 0. The maximum atomic E-state index is 12.5. The second-order valence-corrected chi connectivity index (χ2v) is 9.94. The first-order chi connectivity index (χ1) is 13.9. The molecule has 0 bridgehead atoms. The van der Waals surface area contributed by atoms with Crippen molar-refractivity contribution in [2.24, 2.45) is 4.99 Å². The molecule has 0 unspecified atom stereocenters. The maximum Gasteiger partial charge on any atom is 0.236 e. The average Bonchev–Trinajstić information content (AvgIpc) is 2.70. The van der Waals surface area contributed by atoms with Crippen molar-refractivity contribution in [3.63, 3.8) is 0 Å². The Balaban J connectivity index is 0.00000450. The van der Waals surface area contributed by atoms with E-state index in [9.17, 15) is 13.2 Å². The lowest BCUT2D eigenvalue weighted by Gasteiger charge is -2.37. The van der Waals surface area contributed by atoms with Gasteiger partial charge in [-0.2, -0.15) is 0 Å². The molecule has 11 heteroatoms. The number of sulfone groups is 1. The zero-order valence-corrected chi connectivity index (χ0v) is 21.5. The molecular weight excluding hydrogens is 521 g/mol. The molecule has 2 aliphatic rings. The summed E-state index contributed by atoms with van der Waals surface area (Å²) in [6.45, 7) is 9.56. The van der Waals surface area contributed by atoms with Crippen LogP contribution in [0.25, 0.3) is 0 Å². The van der Waals surface area contributed by atoms with Gasteiger partial charge in [-0.25, -0.2) is 8.42 Å². The van der Waals surface area contributed by atoms with E-state index in [0.29, 0.717) is 19.7 Å². The summed E-state index contributed by atoms with van der Waals surface area (Å²) in [4.78, 5) is 23.5. The van der Waals surface area contributed by atoms with Crippen LogP contribution < -0.4 is 5.32 Å². The van der Waals surface area contributed by atoms with Crippen LogP contribution in [0.2, 0.25) is 0 Å². The topological polar surface area (TPSA) is 94.5 Å². The van der Waals surface area contributed by atoms with Crippen molar-refractivity contribution in [2.45, 2.75) is 26.2 Å². The molecule has 0 aliphatic carbocycles. The summed E-state index contributed by atoms with van der Waals surface area (Å²) in [6.07, 6.45) is 4.69. The van der Waals surface area contributed by atoms with Crippen LogP contribution in [0.4, 0.5) is 0 Å². The smallest absolute Gasteiger partial charge is 0.236 e. The number of nitrogens with one attached hydrogen (secondary N) is 1. The van der Waals surface area contributed by atoms with Crippen molar-refractivity contribution >= 4 is 45.7 Å². The number of hydrogen-bond donors (Lipinski definition) is 1. The monoisotopic (exact) mass is 559 g/mol. The summed E-state index contributed by atoms with van der Waals surface area (Å²) in [6, 6.07) is 0. The number of ether oxygens (including phenoxy) is 1. The van der Waals surface area contributed by atoms with E-state index in [1.807, 2.05) is 11.8 Å². The Bertz CT molecular complexity index is 633. The normalized spacial score (nSPS) is 18.8. The third-order valence-corrected chi connectivity index (χ3v) is 6.08. The largest absolute Gasteiger partial charge is 0.378 e. The van der Waals surface area contributed by atoms with Crippen molar-refractivity contribution in [3.8, 4) is 0 Å². The number of amides is 1. The van der Waals surface area contributed by atoms with Gasteiger partial charge in [-0.05, 0) is 26.2 Å². The van der Waals surface area contributed by atoms with Gasteiger partial charge in [0.2, 0.25) is 5.91 Å². The van der Waals surface area contributed by atoms with Gasteiger partial charge in [0.05, 0.1) is 32.1 Å². The Morgan fingerprint density at radius 1 is 1.00 bits per heavy atom. The first-order valence-electron chi connectivity index (χ1n) is 10.7. The van der Waals surface area contributed by atoms with E-state index < -0.39 is 9.84 Å². The Morgan fingerprint density at radius 2 is 1.67 bits per heavy atom. The molecule has 9 nitrogen and oxygen atoms in total. The van der Waals surface area contributed by atoms with Crippen molar-refractivity contribution in [1.82, 2.24) is 20.0 Å². The molecule has 2 rings (SSSR count). The molecule has 1 N–H and O–H groups in total. The van der Waals surface area contributed by atoms with Gasteiger partial charge in [0, 0.05) is 52.1 Å². The minimum Gasteiger partial charge on any atom is -0.378 e. The van der Waals surface area contributed by atoms with Crippen molar-refractivity contribution in [3.05, 3.63) is 0 Å². The van der Waals surface area contributed by atoms with Crippen LogP contribution >= 0.6 is 24.0 Å². The molecule has 0 aromatic heterocycles. The van der Waals surface area contributed by atoms with Gasteiger partial charge in [-0.15, -0.1) is 24.0 Å². The average molecular weight is 560 g/mol. The predicted molar refractivity (Wildman–Crippen MR) is 130 cm³/mol. The van der Waals surface area contributed by atoms with Crippen LogP contribution in [0.1, 0.15) is 26.2 Å². The molecule has 1 amide bonds. The summed E-state index contributed by atoms with van der Waals surface area (Å²) < 4.78 is 27.6. The molecule has 0 spiro atoms. The van der Waals surface area contributed by atoms with Crippen LogP contribution in [-0.4, -0.2) is 119 Å². The van der Waals surface area contributed by atoms with E-state index in [1.54, 1.807) is 0 Å². The fraction of sp³-hybridized carbons (Fsp3) is 0.895. The Morgan fingerprint density at radius 3 is 2.27 bits per heavy atom. The SMILES string of the molecule is CCNC(=NCCOCCS(C)(=O)=O)N1CCN(CC(=O)N2CCCCC2)CC1.I. The van der Waals surface area contributed by atoms with E-state index in [0.717, 1.165) is 64.6 Å². The van der Waals surface area contributed by atoms with Crippen LogP contribution in [0.5, 0.6) is 0 Å². The molecule has 2 fully saturated rings. The van der Waals surface area contributed by atoms with Gasteiger partial charge in [-0.1, -0.05) is 0 Å². The zero-order chi connectivity index (χ0) is 21.1. The maximum absolute atomic E-state index is 12.5. The number of halogens is 1. The number of nitrogens with zero attached hydrogens (tertiary/aromatic N) is 4. The van der Waals surface area contributed by atoms with E-state index >= 15 is 0 Å². The third kappa shape index (κ3) is 10.6. The van der Waals surface area contributed by atoms with Crippen LogP contribution in [0.15, 0.2) is 4.99 Å². The number of carbonyl (C=O) groups is 1. The molecule has 2 saturated heterocycles. The Labute approximate surface area is 198 Å². The zero-order valence-electron chi connectivity index (χ0n) is 18.3. The molecule has 0 radical (unpaired) electrons. The van der Waals surface area contributed by atoms with Crippen molar-refractivity contribution in [2.75, 3.05) is 84.1 Å². The van der Waals surface area contributed by atoms with Gasteiger partial charge < -0.3 is 19.9 Å². The molecule has 0 saturated carbocycles. The van der Waals surface area contributed by atoms with Crippen molar-refractivity contribution < 1.29 is 17.9 Å². The number of rotatable bonds is 9. The number of piperidine rings is 1. The minimum atomic E-state index is -2.99.